The number of benzene rings is 1. The zero-order chi connectivity index (χ0) is 21.3. The lowest BCUT2D eigenvalue weighted by Crippen LogP contribution is -2.48. The van der Waals surface area contributed by atoms with Crippen LogP contribution in [-0.4, -0.2) is 63.8 Å². The Kier molecular flexibility index (Phi) is 9.16. The summed E-state index contributed by atoms with van der Waals surface area (Å²) in [6, 6.07) is 4.62. The molecule has 1 aliphatic heterocycles. The number of rotatable bonds is 9. The number of halogens is 1. The van der Waals surface area contributed by atoms with E-state index in [2.05, 4.69) is 32.2 Å². The van der Waals surface area contributed by atoms with Gasteiger partial charge in [0, 0.05) is 25.7 Å². The summed E-state index contributed by atoms with van der Waals surface area (Å²) in [6.07, 6.45) is 3.26. The normalized spacial score (nSPS) is 16.6. The Labute approximate surface area is 174 Å². The first kappa shape index (κ1) is 23.4. The number of hydrogen-bond acceptors (Lipinski definition) is 4. The fraction of sp³-hybridized carbons (Fsp3) is 0.650. The van der Waals surface area contributed by atoms with Crippen molar-refractivity contribution in [1.82, 2.24) is 15.5 Å². The molecule has 164 valence electrons. The average molecular weight is 428 g/mol. The molecule has 0 radical (unpaired) electrons. The van der Waals surface area contributed by atoms with Crippen molar-refractivity contribution in [2.75, 3.05) is 43.2 Å². The van der Waals surface area contributed by atoms with Gasteiger partial charge in [0.15, 0.2) is 5.96 Å². The van der Waals surface area contributed by atoms with Gasteiger partial charge in [-0.2, -0.15) is 0 Å². The van der Waals surface area contributed by atoms with Crippen molar-refractivity contribution in [3.8, 4) is 0 Å². The highest BCUT2D eigenvalue weighted by Crippen LogP contribution is 2.15. The van der Waals surface area contributed by atoms with Crippen LogP contribution in [0.3, 0.4) is 0 Å². The third kappa shape index (κ3) is 8.18. The van der Waals surface area contributed by atoms with Crippen molar-refractivity contribution in [2.45, 2.75) is 46.1 Å². The Morgan fingerprint density at radius 1 is 1.28 bits per heavy atom. The van der Waals surface area contributed by atoms with Gasteiger partial charge in [-0.05, 0) is 57.4 Å². The van der Waals surface area contributed by atoms with Crippen LogP contribution in [0.25, 0.3) is 0 Å². The Hall–Kier alpha value is -1.87. The van der Waals surface area contributed by atoms with Gasteiger partial charge in [-0.1, -0.05) is 13.0 Å². The highest BCUT2D eigenvalue weighted by Gasteiger charge is 2.19. The van der Waals surface area contributed by atoms with Gasteiger partial charge < -0.3 is 15.5 Å². The molecule has 0 spiro atoms. The van der Waals surface area contributed by atoms with Crippen molar-refractivity contribution < 1.29 is 12.8 Å². The molecule has 2 rings (SSSR count). The molecule has 1 aliphatic rings. The van der Waals surface area contributed by atoms with Crippen molar-refractivity contribution in [2.24, 2.45) is 4.99 Å². The van der Waals surface area contributed by atoms with Crippen LogP contribution in [0, 0.1) is 12.7 Å². The highest BCUT2D eigenvalue weighted by molar-refractivity contribution is 7.92. The summed E-state index contributed by atoms with van der Waals surface area (Å²) in [7, 11) is -3.61. The Balaban J connectivity index is 1.86. The summed E-state index contributed by atoms with van der Waals surface area (Å²) in [6.45, 7) is 9.89. The van der Waals surface area contributed by atoms with E-state index in [0.29, 0.717) is 24.1 Å². The third-order valence-corrected chi connectivity index (χ3v) is 6.15. The second-order valence-electron chi connectivity index (χ2n) is 7.41. The first-order valence-corrected chi connectivity index (χ1v) is 12.0. The predicted octanol–water partition coefficient (Wildman–Crippen LogP) is 2.31. The molecule has 1 aromatic carbocycles. The molecule has 0 bridgehead atoms. The topological polar surface area (TPSA) is 85.8 Å². The van der Waals surface area contributed by atoms with Gasteiger partial charge in [0.1, 0.15) is 5.82 Å². The lowest BCUT2D eigenvalue weighted by Gasteiger charge is -2.32. The minimum Gasteiger partial charge on any atom is -0.357 e. The predicted molar refractivity (Wildman–Crippen MR) is 117 cm³/mol. The van der Waals surface area contributed by atoms with Crippen LogP contribution in [0.4, 0.5) is 10.1 Å². The summed E-state index contributed by atoms with van der Waals surface area (Å²) < 4.78 is 40.6. The zero-order valence-electron chi connectivity index (χ0n) is 17.7. The van der Waals surface area contributed by atoms with Crippen LogP contribution in [0.15, 0.2) is 23.2 Å². The van der Waals surface area contributed by atoms with E-state index in [0.717, 1.165) is 32.5 Å². The number of aryl methyl sites for hydroxylation is 1. The van der Waals surface area contributed by atoms with Gasteiger partial charge in [0.05, 0.1) is 18.0 Å². The maximum atomic E-state index is 13.6. The molecule has 0 aliphatic carbocycles. The molecule has 0 atom stereocenters. The van der Waals surface area contributed by atoms with E-state index in [4.69, 9.17) is 0 Å². The lowest BCUT2D eigenvalue weighted by atomic mass is 10.1. The second-order valence-corrected chi connectivity index (χ2v) is 9.25. The quantitative estimate of drug-likeness (QED) is 0.416. The third-order valence-electron chi connectivity index (χ3n) is 4.89. The number of anilines is 1. The van der Waals surface area contributed by atoms with Crippen molar-refractivity contribution >= 4 is 21.7 Å². The number of nitrogens with zero attached hydrogens (tertiary/aromatic N) is 2. The fourth-order valence-corrected chi connectivity index (χ4v) is 4.21. The molecule has 0 aromatic heterocycles. The molecular formula is C20H34FN5O2S. The van der Waals surface area contributed by atoms with E-state index >= 15 is 0 Å². The first-order valence-electron chi connectivity index (χ1n) is 10.4. The minimum absolute atomic E-state index is 0.119. The molecule has 7 nitrogen and oxygen atoms in total. The summed E-state index contributed by atoms with van der Waals surface area (Å²) in [5.41, 5.74) is 0.695. The molecule has 1 saturated heterocycles. The number of sulfonamides is 1. The summed E-state index contributed by atoms with van der Waals surface area (Å²) >= 11 is 0. The minimum atomic E-state index is -3.61. The van der Waals surface area contributed by atoms with Gasteiger partial charge in [0.25, 0.3) is 0 Å². The van der Waals surface area contributed by atoms with Gasteiger partial charge in [-0.25, -0.2) is 12.8 Å². The largest absolute Gasteiger partial charge is 0.357 e. The standard InChI is InChI=1S/C20H34FN5O2S/c1-4-11-26-12-8-17(9-13-26)24-20(22-5-2)23-10-14-29(27,28)25-18-7-6-16(3)19(21)15-18/h6-7,15,17,25H,4-5,8-14H2,1-3H3,(H2,22,23,24). The summed E-state index contributed by atoms with van der Waals surface area (Å²) in [5, 5.41) is 6.59. The first-order chi connectivity index (χ1) is 13.8. The molecule has 1 aromatic rings. The number of likely N-dealkylation sites (tertiary alicyclic amines) is 1. The molecule has 1 fully saturated rings. The molecule has 0 unspecified atom stereocenters. The molecule has 9 heteroatoms. The summed E-state index contributed by atoms with van der Waals surface area (Å²) in [5.74, 6) is 0.0263. The van der Waals surface area contributed by atoms with Gasteiger partial charge in [-0.15, -0.1) is 0 Å². The average Bonchev–Trinajstić information content (AvgIpc) is 2.66. The Morgan fingerprint density at radius 3 is 2.62 bits per heavy atom. The van der Waals surface area contributed by atoms with Gasteiger partial charge in [0.2, 0.25) is 10.0 Å². The Morgan fingerprint density at radius 2 is 2.00 bits per heavy atom. The van der Waals surface area contributed by atoms with Crippen LogP contribution in [0.1, 0.15) is 38.7 Å². The van der Waals surface area contributed by atoms with Crippen LogP contribution in [-0.2, 0) is 10.0 Å². The lowest BCUT2D eigenvalue weighted by molar-refractivity contribution is 0.206. The maximum absolute atomic E-state index is 13.6. The smallest absolute Gasteiger partial charge is 0.234 e. The van der Waals surface area contributed by atoms with E-state index in [1.165, 1.54) is 12.5 Å². The summed E-state index contributed by atoms with van der Waals surface area (Å²) in [4.78, 5) is 6.88. The van der Waals surface area contributed by atoms with E-state index in [1.54, 1.807) is 19.1 Å². The monoisotopic (exact) mass is 427 g/mol. The van der Waals surface area contributed by atoms with Crippen LogP contribution < -0.4 is 15.4 Å². The van der Waals surface area contributed by atoms with E-state index in [1.807, 2.05) is 6.92 Å². The number of hydrogen-bond donors (Lipinski definition) is 3. The number of guanidine groups is 1. The Bertz CT molecular complexity index is 777. The highest BCUT2D eigenvalue weighted by atomic mass is 32.2. The van der Waals surface area contributed by atoms with Crippen molar-refractivity contribution in [3.05, 3.63) is 29.6 Å². The SMILES string of the molecule is CCCN1CCC(NC(=NCCS(=O)(=O)Nc2ccc(C)c(F)c2)NCC)CC1. The molecular weight excluding hydrogens is 393 g/mol. The number of aliphatic imine (C=N–C) groups is 1. The van der Waals surface area contributed by atoms with Crippen molar-refractivity contribution in [3.63, 3.8) is 0 Å². The van der Waals surface area contributed by atoms with Crippen LogP contribution >= 0.6 is 0 Å². The van der Waals surface area contributed by atoms with Gasteiger partial charge >= 0.3 is 0 Å². The fourth-order valence-electron chi connectivity index (χ4n) is 3.30. The van der Waals surface area contributed by atoms with E-state index in [9.17, 15) is 12.8 Å². The van der Waals surface area contributed by atoms with E-state index in [-0.39, 0.29) is 18.0 Å². The second kappa shape index (κ2) is 11.3. The zero-order valence-corrected chi connectivity index (χ0v) is 18.5. The molecule has 0 amide bonds. The molecule has 1 heterocycles. The number of piperidine rings is 1. The molecule has 0 saturated carbocycles. The van der Waals surface area contributed by atoms with Gasteiger partial charge in [-0.3, -0.25) is 9.71 Å². The van der Waals surface area contributed by atoms with Crippen LogP contribution in [0.2, 0.25) is 0 Å². The maximum Gasteiger partial charge on any atom is 0.234 e. The van der Waals surface area contributed by atoms with E-state index < -0.39 is 15.8 Å². The van der Waals surface area contributed by atoms with Crippen LogP contribution in [0.5, 0.6) is 0 Å². The number of nitrogens with one attached hydrogen (secondary N) is 3. The molecule has 29 heavy (non-hydrogen) atoms. The molecule has 3 N–H and O–H groups in total. The van der Waals surface area contributed by atoms with Crippen molar-refractivity contribution in [1.29, 1.82) is 0 Å².